The number of Topliss-reactive ketones (excluding diaryl/α,β-unsaturated/α-hetero) is 1. The lowest BCUT2D eigenvalue weighted by Gasteiger charge is -2.05. The van der Waals surface area contributed by atoms with E-state index in [4.69, 9.17) is 0 Å². The van der Waals surface area contributed by atoms with Gasteiger partial charge in [-0.2, -0.15) is 11.3 Å². The van der Waals surface area contributed by atoms with Gasteiger partial charge >= 0.3 is 0 Å². The molecule has 3 aromatic rings. The third-order valence-electron chi connectivity index (χ3n) is 3.15. The van der Waals surface area contributed by atoms with Gasteiger partial charge in [-0.3, -0.25) is 4.79 Å². The predicted molar refractivity (Wildman–Crippen MR) is 84.0 cm³/mol. The summed E-state index contributed by atoms with van der Waals surface area (Å²) < 4.78 is 0.891. The largest absolute Gasteiger partial charge is 0.294 e. The SMILES string of the molecule is O=C(Cc1cccc2ccccc12)c1cscc1Br. The lowest BCUT2D eigenvalue weighted by molar-refractivity contribution is 0.0993. The van der Waals surface area contributed by atoms with Gasteiger partial charge in [0.2, 0.25) is 0 Å². The number of carbonyl (C=O) groups is 1. The summed E-state index contributed by atoms with van der Waals surface area (Å²) in [6, 6.07) is 14.3. The van der Waals surface area contributed by atoms with E-state index in [2.05, 4.69) is 34.1 Å². The van der Waals surface area contributed by atoms with E-state index in [0.717, 1.165) is 21.0 Å². The quantitative estimate of drug-likeness (QED) is 0.611. The average Bonchev–Trinajstić information content (AvgIpc) is 2.85. The molecule has 2 aromatic carbocycles. The number of thiophene rings is 1. The van der Waals surface area contributed by atoms with Gasteiger partial charge < -0.3 is 0 Å². The Kier molecular flexibility index (Phi) is 3.49. The summed E-state index contributed by atoms with van der Waals surface area (Å²) in [4.78, 5) is 12.3. The van der Waals surface area contributed by atoms with E-state index >= 15 is 0 Å². The van der Waals surface area contributed by atoms with Crippen LogP contribution in [0.3, 0.4) is 0 Å². The molecule has 3 heteroatoms. The molecule has 1 nitrogen and oxygen atoms in total. The maximum atomic E-state index is 12.3. The number of benzene rings is 2. The van der Waals surface area contributed by atoms with Crippen LogP contribution in [-0.4, -0.2) is 5.78 Å². The van der Waals surface area contributed by atoms with Gasteiger partial charge in [-0.15, -0.1) is 0 Å². The monoisotopic (exact) mass is 330 g/mol. The van der Waals surface area contributed by atoms with Crippen molar-refractivity contribution in [1.29, 1.82) is 0 Å². The van der Waals surface area contributed by atoms with Gasteiger partial charge in [0, 0.05) is 27.2 Å². The minimum absolute atomic E-state index is 0.157. The van der Waals surface area contributed by atoms with Crippen molar-refractivity contribution >= 4 is 43.8 Å². The van der Waals surface area contributed by atoms with Gasteiger partial charge in [-0.1, -0.05) is 42.5 Å². The topological polar surface area (TPSA) is 17.1 Å². The molecule has 0 aliphatic rings. The number of ketones is 1. The summed E-state index contributed by atoms with van der Waals surface area (Å²) in [5.74, 6) is 0.157. The average molecular weight is 331 g/mol. The first kappa shape index (κ1) is 12.6. The Morgan fingerprint density at radius 1 is 1.05 bits per heavy atom. The first-order chi connectivity index (χ1) is 9.25. The maximum Gasteiger partial charge on any atom is 0.169 e. The van der Waals surface area contributed by atoms with Crippen molar-refractivity contribution in [3.8, 4) is 0 Å². The zero-order valence-corrected chi connectivity index (χ0v) is 12.5. The highest BCUT2D eigenvalue weighted by molar-refractivity contribution is 9.10. The molecule has 0 fully saturated rings. The van der Waals surface area contributed by atoms with Gasteiger partial charge in [0.05, 0.1) is 0 Å². The van der Waals surface area contributed by atoms with E-state index in [1.54, 1.807) is 11.3 Å². The zero-order chi connectivity index (χ0) is 13.2. The van der Waals surface area contributed by atoms with Crippen LogP contribution in [-0.2, 0) is 6.42 Å². The van der Waals surface area contributed by atoms with Crippen LogP contribution in [0.2, 0.25) is 0 Å². The molecule has 0 bridgehead atoms. The fraction of sp³-hybridized carbons (Fsp3) is 0.0625. The number of fused-ring (bicyclic) bond motifs is 1. The van der Waals surface area contributed by atoms with Crippen molar-refractivity contribution in [3.63, 3.8) is 0 Å². The molecule has 0 N–H and O–H groups in total. The molecule has 0 radical (unpaired) electrons. The summed E-state index contributed by atoms with van der Waals surface area (Å²) in [5.41, 5.74) is 1.86. The van der Waals surface area contributed by atoms with E-state index in [1.165, 1.54) is 5.39 Å². The Morgan fingerprint density at radius 3 is 2.63 bits per heavy atom. The van der Waals surface area contributed by atoms with Crippen LogP contribution in [0.1, 0.15) is 15.9 Å². The molecule has 94 valence electrons. The maximum absolute atomic E-state index is 12.3. The van der Waals surface area contributed by atoms with Gasteiger partial charge in [0.1, 0.15) is 0 Å². The Morgan fingerprint density at radius 2 is 1.84 bits per heavy atom. The second kappa shape index (κ2) is 5.27. The first-order valence-electron chi connectivity index (χ1n) is 5.97. The number of halogens is 1. The lowest BCUT2D eigenvalue weighted by Crippen LogP contribution is -2.03. The van der Waals surface area contributed by atoms with Gasteiger partial charge in [0.25, 0.3) is 0 Å². The zero-order valence-electron chi connectivity index (χ0n) is 10.1. The number of carbonyl (C=O) groups excluding carboxylic acids is 1. The summed E-state index contributed by atoms with van der Waals surface area (Å²) in [6.07, 6.45) is 0.441. The molecular weight excluding hydrogens is 320 g/mol. The van der Waals surface area contributed by atoms with Crippen LogP contribution in [0.4, 0.5) is 0 Å². The van der Waals surface area contributed by atoms with Crippen molar-refractivity contribution in [2.75, 3.05) is 0 Å². The molecule has 0 aliphatic carbocycles. The minimum atomic E-state index is 0.157. The molecule has 19 heavy (non-hydrogen) atoms. The van der Waals surface area contributed by atoms with Gasteiger partial charge in [-0.05, 0) is 32.3 Å². The molecular formula is C16H11BrOS. The van der Waals surface area contributed by atoms with Gasteiger partial charge in [0.15, 0.2) is 5.78 Å². The molecule has 0 amide bonds. The molecule has 0 saturated heterocycles. The Hall–Kier alpha value is -1.45. The van der Waals surface area contributed by atoms with Gasteiger partial charge in [-0.25, -0.2) is 0 Å². The molecule has 0 saturated carbocycles. The number of rotatable bonds is 3. The molecule has 1 aromatic heterocycles. The van der Waals surface area contributed by atoms with E-state index in [-0.39, 0.29) is 5.78 Å². The highest BCUT2D eigenvalue weighted by atomic mass is 79.9. The smallest absolute Gasteiger partial charge is 0.169 e. The normalized spacial score (nSPS) is 10.8. The van der Waals surface area contributed by atoms with Crippen molar-refractivity contribution in [1.82, 2.24) is 0 Å². The second-order valence-corrected chi connectivity index (χ2v) is 5.97. The highest BCUT2D eigenvalue weighted by Crippen LogP contribution is 2.25. The highest BCUT2D eigenvalue weighted by Gasteiger charge is 2.12. The molecule has 1 heterocycles. The molecule has 0 atom stereocenters. The minimum Gasteiger partial charge on any atom is -0.294 e. The Labute approximate surface area is 124 Å². The third kappa shape index (κ3) is 2.48. The van der Waals surface area contributed by atoms with E-state index in [1.807, 2.05) is 35.0 Å². The summed E-state index contributed by atoms with van der Waals surface area (Å²) in [5, 5.41) is 6.18. The molecule has 0 aliphatic heterocycles. The third-order valence-corrected chi connectivity index (χ3v) is 4.85. The summed E-state index contributed by atoms with van der Waals surface area (Å²) in [7, 11) is 0. The number of hydrogen-bond donors (Lipinski definition) is 0. The fourth-order valence-corrected chi connectivity index (χ4v) is 3.72. The lowest BCUT2D eigenvalue weighted by atomic mass is 9.99. The van der Waals surface area contributed by atoms with E-state index < -0.39 is 0 Å². The van der Waals surface area contributed by atoms with Crippen molar-refractivity contribution in [2.45, 2.75) is 6.42 Å². The number of hydrogen-bond acceptors (Lipinski definition) is 2. The van der Waals surface area contributed by atoms with Crippen LogP contribution >= 0.6 is 27.3 Å². The molecule has 0 spiro atoms. The van der Waals surface area contributed by atoms with Crippen LogP contribution in [0.5, 0.6) is 0 Å². The second-order valence-electron chi connectivity index (χ2n) is 4.37. The van der Waals surface area contributed by atoms with Crippen LogP contribution in [0, 0.1) is 0 Å². The molecule has 3 rings (SSSR count). The molecule has 0 unspecified atom stereocenters. The van der Waals surface area contributed by atoms with Crippen LogP contribution in [0.15, 0.2) is 57.7 Å². The fourth-order valence-electron chi connectivity index (χ4n) is 2.20. The van der Waals surface area contributed by atoms with Crippen LogP contribution < -0.4 is 0 Å². The standard InChI is InChI=1S/C16H11BrOS/c17-15-10-19-9-14(15)16(18)8-12-6-3-5-11-4-1-2-7-13(11)12/h1-7,9-10H,8H2. The Bertz CT molecular complexity index is 740. The van der Waals surface area contributed by atoms with Crippen molar-refractivity contribution < 1.29 is 4.79 Å². The van der Waals surface area contributed by atoms with Crippen LogP contribution in [0.25, 0.3) is 10.8 Å². The predicted octanol–water partition coefficient (Wildman–Crippen LogP) is 5.09. The summed E-state index contributed by atoms with van der Waals surface area (Å²) in [6.45, 7) is 0. The van der Waals surface area contributed by atoms with Crippen molar-refractivity contribution in [2.24, 2.45) is 0 Å². The Balaban J connectivity index is 1.98. The van der Waals surface area contributed by atoms with Crippen molar-refractivity contribution in [3.05, 3.63) is 68.8 Å². The first-order valence-corrected chi connectivity index (χ1v) is 7.71. The summed E-state index contributed by atoms with van der Waals surface area (Å²) >= 11 is 4.96. The van der Waals surface area contributed by atoms with E-state index in [0.29, 0.717) is 6.42 Å². The van der Waals surface area contributed by atoms with E-state index in [9.17, 15) is 4.79 Å².